The Balaban J connectivity index is 0.00000267. The molecule has 8 heteroatoms. The molecule has 0 radical (unpaired) electrons. The second kappa shape index (κ2) is 17.4. The van der Waals surface area contributed by atoms with Gasteiger partial charge in [0, 0.05) is 37.5 Å². The number of piperidine rings is 4. The van der Waals surface area contributed by atoms with Crippen LogP contribution in [0.1, 0.15) is 109 Å². The van der Waals surface area contributed by atoms with Crippen LogP contribution in [0.2, 0.25) is 0 Å². The SMILES string of the molecule is C[N+]12CCCCC1C(COC(=O)CCCCCCCC(=O)OCC1CCC[N+]3(C)CCCCC13)CCC2.[I-].[I-]. The standard InChI is InChI=1S/C31H56N2O4.2HI/c1-32-20-10-8-16-28(32)26(14-12-22-32)24-36-30(34)18-6-4-3-5-7-19-31(35)37-25-27-15-13-23-33(2)21-11-9-17-29(27)33;;/h26-29H,3-25H2,1-2H3;2*1H/q+2;;/p-2. The Kier molecular flexibility index (Phi) is 15.9. The third kappa shape index (κ3) is 10.2. The highest BCUT2D eigenvalue weighted by molar-refractivity contribution is 5.69. The zero-order valence-electron chi connectivity index (χ0n) is 24.9. The van der Waals surface area contributed by atoms with E-state index in [0.29, 0.717) is 50.0 Å². The van der Waals surface area contributed by atoms with E-state index in [1.54, 1.807) is 0 Å². The Morgan fingerprint density at radius 2 is 0.949 bits per heavy atom. The maximum Gasteiger partial charge on any atom is 0.305 e. The van der Waals surface area contributed by atoms with Crippen molar-refractivity contribution >= 4 is 11.9 Å². The van der Waals surface area contributed by atoms with Crippen molar-refractivity contribution in [1.82, 2.24) is 0 Å². The van der Waals surface area contributed by atoms with Gasteiger partial charge in [0.2, 0.25) is 0 Å². The lowest BCUT2D eigenvalue weighted by Gasteiger charge is -2.51. The topological polar surface area (TPSA) is 52.6 Å². The lowest BCUT2D eigenvalue weighted by atomic mass is 9.82. The number of fused-ring (bicyclic) bond motifs is 2. The molecule has 4 saturated heterocycles. The number of ether oxygens (including phenoxy) is 2. The Morgan fingerprint density at radius 1 is 0.564 bits per heavy atom. The van der Waals surface area contributed by atoms with Crippen LogP contribution in [-0.4, -0.2) is 86.5 Å². The average molecular weight is 775 g/mol. The van der Waals surface area contributed by atoms with Crippen LogP contribution in [0.15, 0.2) is 0 Å². The molecule has 4 aliphatic heterocycles. The number of hydrogen-bond donors (Lipinski definition) is 0. The number of esters is 2. The summed E-state index contributed by atoms with van der Waals surface area (Å²) in [6.45, 7) is 6.44. The van der Waals surface area contributed by atoms with Crippen LogP contribution in [0.5, 0.6) is 0 Å². The predicted octanol–water partition coefficient (Wildman–Crippen LogP) is -0.370. The van der Waals surface area contributed by atoms with Crippen molar-refractivity contribution in [3.63, 3.8) is 0 Å². The van der Waals surface area contributed by atoms with Crippen LogP contribution in [0.4, 0.5) is 0 Å². The van der Waals surface area contributed by atoms with Gasteiger partial charge in [-0.2, -0.15) is 0 Å². The smallest absolute Gasteiger partial charge is 0.305 e. The van der Waals surface area contributed by atoms with Crippen LogP contribution >= 0.6 is 0 Å². The molecule has 228 valence electrons. The predicted molar refractivity (Wildman–Crippen MR) is 147 cm³/mol. The average Bonchev–Trinajstić information content (AvgIpc) is 2.89. The minimum absolute atomic E-state index is 0. The molecule has 4 rings (SSSR count). The molecule has 6 nitrogen and oxygen atoms in total. The van der Waals surface area contributed by atoms with Gasteiger partial charge < -0.3 is 66.4 Å². The zero-order valence-corrected chi connectivity index (χ0v) is 29.2. The number of unbranched alkanes of at least 4 members (excludes halogenated alkanes) is 4. The summed E-state index contributed by atoms with van der Waals surface area (Å²) < 4.78 is 13.9. The molecule has 0 aromatic carbocycles. The van der Waals surface area contributed by atoms with Gasteiger partial charge in [0.15, 0.2) is 0 Å². The summed E-state index contributed by atoms with van der Waals surface area (Å²) in [6.07, 6.45) is 18.9. The summed E-state index contributed by atoms with van der Waals surface area (Å²) >= 11 is 0. The van der Waals surface area contributed by atoms with E-state index in [1.807, 2.05) is 0 Å². The summed E-state index contributed by atoms with van der Waals surface area (Å²) in [7, 11) is 4.83. The van der Waals surface area contributed by atoms with Gasteiger partial charge in [-0.05, 0) is 64.2 Å². The Morgan fingerprint density at radius 3 is 1.38 bits per heavy atom. The van der Waals surface area contributed by atoms with Crippen LogP contribution in [0.3, 0.4) is 0 Å². The number of carbonyl (C=O) groups is 2. The molecule has 4 heterocycles. The molecule has 0 saturated carbocycles. The van der Waals surface area contributed by atoms with Crippen molar-refractivity contribution in [3.05, 3.63) is 0 Å². The summed E-state index contributed by atoms with van der Waals surface area (Å²) in [5, 5.41) is 0. The van der Waals surface area contributed by atoms with Gasteiger partial charge in [-0.15, -0.1) is 0 Å². The summed E-state index contributed by atoms with van der Waals surface area (Å²) in [4.78, 5) is 24.6. The molecule has 0 bridgehead atoms. The van der Waals surface area contributed by atoms with E-state index < -0.39 is 0 Å². The highest BCUT2D eigenvalue weighted by Crippen LogP contribution is 2.37. The highest BCUT2D eigenvalue weighted by atomic mass is 127. The minimum atomic E-state index is -0.0189. The molecule has 0 aromatic rings. The van der Waals surface area contributed by atoms with Crippen LogP contribution in [0, 0.1) is 11.8 Å². The van der Waals surface area contributed by atoms with Gasteiger partial charge in [0.05, 0.1) is 65.6 Å². The van der Waals surface area contributed by atoms with Gasteiger partial charge in [-0.1, -0.05) is 19.3 Å². The van der Waals surface area contributed by atoms with Crippen molar-refractivity contribution < 1.29 is 76.0 Å². The second-order valence-corrected chi connectivity index (χ2v) is 13.4. The summed E-state index contributed by atoms with van der Waals surface area (Å²) in [5.41, 5.74) is 0. The first-order valence-corrected chi connectivity index (χ1v) is 15.9. The molecule has 4 aliphatic rings. The first-order chi connectivity index (χ1) is 17.9. The van der Waals surface area contributed by atoms with Crippen LogP contribution in [0.25, 0.3) is 0 Å². The van der Waals surface area contributed by atoms with E-state index >= 15 is 0 Å². The second-order valence-electron chi connectivity index (χ2n) is 13.4. The van der Waals surface area contributed by atoms with Crippen molar-refractivity contribution in [2.75, 3.05) is 53.5 Å². The lowest BCUT2D eigenvalue weighted by Crippen LogP contribution is -3.00. The third-order valence-corrected chi connectivity index (χ3v) is 10.7. The zero-order chi connectivity index (χ0) is 26.1. The van der Waals surface area contributed by atoms with Crippen molar-refractivity contribution in [1.29, 1.82) is 0 Å². The normalized spacial score (nSPS) is 33.9. The van der Waals surface area contributed by atoms with E-state index in [9.17, 15) is 9.59 Å². The Bertz CT molecular complexity index is 688. The maximum atomic E-state index is 12.3. The number of quaternary nitrogens is 2. The third-order valence-electron chi connectivity index (χ3n) is 10.7. The fourth-order valence-corrected chi connectivity index (χ4v) is 8.47. The molecule has 0 amide bonds. The molecule has 4 fully saturated rings. The van der Waals surface area contributed by atoms with Crippen LogP contribution in [-0.2, 0) is 19.1 Å². The fourth-order valence-electron chi connectivity index (χ4n) is 8.47. The largest absolute Gasteiger partial charge is 1.00 e. The summed E-state index contributed by atoms with van der Waals surface area (Å²) in [6, 6.07) is 1.38. The van der Waals surface area contributed by atoms with Gasteiger partial charge in [-0.25, -0.2) is 0 Å². The van der Waals surface area contributed by atoms with Crippen LogP contribution < -0.4 is 48.0 Å². The highest BCUT2D eigenvalue weighted by Gasteiger charge is 2.45. The molecule has 0 aliphatic carbocycles. The van der Waals surface area contributed by atoms with E-state index in [1.165, 1.54) is 99.4 Å². The Labute approximate surface area is 272 Å². The van der Waals surface area contributed by atoms with Gasteiger partial charge in [0.1, 0.15) is 0 Å². The lowest BCUT2D eigenvalue weighted by molar-refractivity contribution is -0.947. The quantitative estimate of drug-likeness (QED) is 0.118. The van der Waals surface area contributed by atoms with Crippen molar-refractivity contribution in [3.8, 4) is 0 Å². The molecule has 39 heavy (non-hydrogen) atoms. The molecule has 6 atom stereocenters. The van der Waals surface area contributed by atoms with Crippen molar-refractivity contribution in [2.45, 2.75) is 121 Å². The molecular weight excluding hydrogens is 718 g/mol. The Hall–Kier alpha value is 0.320. The number of halogens is 2. The van der Waals surface area contributed by atoms with E-state index in [2.05, 4.69) is 14.1 Å². The molecular formula is C31H56I2N2O4. The summed E-state index contributed by atoms with van der Waals surface area (Å²) in [5.74, 6) is 1.06. The van der Waals surface area contributed by atoms with E-state index in [0.717, 1.165) is 32.1 Å². The maximum absolute atomic E-state index is 12.3. The van der Waals surface area contributed by atoms with Gasteiger partial charge in [-0.3, -0.25) is 9.59 Å². The minimum Gasteiger partial charge on any atom is -1.00 e. The molecule has 0 N–H and O–H groups in total. The molecule has 0 aromatic heterocycles. The van der Waals surface area contributed by atoms with E-state index in [-0.39, 0.29) is 59.9 Å². The number of rotatable bonds is 12. The van der Waals surface area contributed by atoms with Gasteiger partial charge >= 0.3 is 11.9 Å². The first kappa shape index (κ1) is 35.5. The van der Waals surface area contributed by atoms with Crippen molar-refractivity contribution in [2.24, 2.45) is 11.8 Å². The molecule has 0 spiro atoms. The van der Waals surface area contributed by atoms with E-state index in [4.69, 9.17) is 9.47 Å². The first-order valence-electron chi connectivity index (χ1n) is 15.9. The fraction of sp³-hybridized carbons (Fsp3) is 0.935. The molecule has 6 unspecified atom stereocenters. The monoisotopic (exact) mass is 774 g/mol. The number of nitrogens with zero attached hydrogens (tertiary/aromatic N) is 2. The number of carbonyl (C=O) groups excluding carboxylic acids is 2. The number of hydrogen-bond acceptors (Lipinski definition) is 4. The van der Waals surface area contributed by atoms with Gasteiger partial charge in [0.25, 0.3) is 0 Å².